The first-order valence-electron chi connectivity index (χ1n) is 4.58. The molecule has 2 rings (SSSR count). The second-order valence-corrected chi connectivity index (χ2v) is 4.26. The quantitative estimate of drug-likeness (QED) is 0.910. The number of aromatic nitrogens is 1. The second kappa shape index (κ2) is 4.16. The van der Waals surface area contributed by atoms with Crippen molar-refractivity contribution in [2.75, 3.05) is 0 Å². The minimum absolute atomic E-state index is 0.276. The fourth-order valence-electron chi connectivity index (χ4n) is 1.43. The molecule has 1 unspecified atom stereocenters. The van der Waals surface area contributed by atoms with Gasteiger partial charge in [0.2, 0.25) is 0 Å². The highest BCUT2D eigenvalue weighted by atomic mass is 79.9. The smallest absolute Gasteiger partial charge is 0.139 e. The van der Waals surface area contributed by atoms with Crippen molar-refractivity contribution >= 4 is 15.9 Å². The summed E-state index contributed by atoms with van der Waals surface area (Å²) in [5, 5.41) is 0. The van der Waals surface area contributed by atoms with Crippen LogP contribution in [0.25, 0.3) is 0 Å². The predicted octanol–water partition coefficient (Wildman–Crippen LogP) is 2.79. The molecule has 3 nitrogen and oxygen atoms in total. The molecule has 1 atom stereocenters. The fourth-order valence-corrected chi connectivity index (χ4v) is 1.88. The van der Waals surface area contributed by atoms with Crippen molar-refractivity contribution in [3.05, 3.63) is 52.1 Å². The Bertz CT molecular complexity index is 467. The number of nitrogens with zero attached hydrogens (tertiary/aromatic N) is 1. The normalized spacial score (nSPS) is 12.7. The number of pyridine rings is 1. The molecule has 0 saturated heterocycles. The molecule has 78 valence electrons. The van der Waals surface area contributed by atoms with Crippen molar-refractivity contribution in [3.8, 4) is 0 Å². The number of hydrogen-bond donors (Lipinski definition) is 1. The number of aryl methyl sites for hydroxylation is 1. The maximum absolute atomic E-state index is 6.07. The number of hydrogen-bond acceptors (Lipinski definition) is 3. The molecule has 0 spiro atoms. The van der Waals surface area contributed by atoms with Gasteiger partial charge in [0.05, 0.1) is 16.8 Å². The summed E-state index contributed by atoms with van der Waals surface area (Å²) in [6.45, 7) is 1.99. The maximum atomic E-state index is 6.07. The zero-order valence-electron chi connectivity index (χ0n) is 8.27. The van der Waals surface area contributed by atoms with Gasteiger partial charge in [-0.05, 0) is 40.0 Å². The highest BCUT2D eigenvalue weighted by molar-refractivity contribution is 9.10. The molecule has 4 heteroatoms. The van der Waals surface area contributed by atoms with E-state index in [1.807, 2.05) is 19.1 Å². The molecule has 0 saturated carbocycles. The molecule has 0 fully saturated rings. The molecule has 2 N–H and O–H groups in total. The summed E-state index contributed by atoms with van der Waals surface area (Å²) in [4.78, 5) is 4.11. The van der Waals surface area contributed by atoms with E-state index in [0.717, 1.165) is 21.4 Å². The van der Waals surface area contributed by atoms with Crippen LogP contribution in [-0.4, -0.2) is 4.98 Å². The van der Waals surface area contributed by atoms with E-state index in [9.17, 15) is 0 Å². The van der Waals surface area contributed by atoms with E-state index in [1.165, 1.54) is 0 Å². The third-order valence-electron chi connectivity index (χ3n) is 2.18. The molecular weight excluding hydrogens is 256 g/mol. The van der Waals surface area contributed by atoms with Crippen LogP contribution in [0.1, 0.15) is 22.9 Å². The van der Waals surface area contributed by atoms with Gasteiger partial charge in [0.15, 0.2) is 0 Å². The van der Waals surface area contributed by atoms with Gasteiger partial charge in [-0.15, -0.1) is 0 Å². The first kappa shape index (κ1) is 10.4. The molecule has 0 aliphatic heterocycles. The van der Waals surface area contributed by atoms with E-state index < -0.39 is 0 Å². The van der Waals surface area contributed by atoms with E-state index in [2.05, 4.69) is 20.9 Å². The van der Waals surface area contributed by atoms with Crippen LogP contribution in [0.2, 0.25) is 0 Å². The summed E-state index contributed by atoms with van der Waals surface area (Å²) in [6, 6.07) is 3.56. The summed E-state index contributed by atoms with van der Waals surface area (Å²) in [6.07, 6.45) is 5.17. The molecule has 2 heterocycles. The largest absolute Gasteiger partial charge is 0.466 e. The lowest BCUT2D eigenvalue weighted by Gasteiger charge is -2.09. The van der Waals surface area contributed by atoms with Gasteiger partial charge in [0.25, 0.3) is 0 Å². The predicted molar refractivity (Wildman–Crippen MR) is 61.4 cm³/mol. The molecule has 0 aromatic carbocycles. The van der Waals surface area contributed by atoms with E-state index in [0.29, 0.717) is 0 Å². The van der Waals surface area contributed by atoms with E-state index in [4.69, 9.17) is 10.2 Å². The first-order valence-corrected chi connectivity index (χ1v) is 5.38. The highest BCUT2D eigenvalue weighted by Crippen LogP contribution is 2.27. The van der Waals surface area contributed by atoms with Crippen LogP contribution >= 0.6 is 15.9 Å². The molecule has 0 aliphatic rings. The van der Waals surface area contributed by atoms with Gasteiger partial charge in [-0.1, -0.05) is 6.07 Å². The van der Waals surface area contributed by atoms with E-state index in [1.54, 1.807) is 18.7 Å². The Morgan fingerprint density at radius 3 is 2.87 bits per heavy atom. The Morgan fingerprint density at radius 2 is 2.27 bits per heavy atom. The summed E-state index contributed by atoms with van der Waals surface area (Å²) in [5.74, 6) is 0.724. The Morgan fingerprint density at radius 1 is 1.47 bits per heavy atom. The summed E-state index contributed by atoms with van der Waals surface area (Å²) < 4.78 is 6.21. The van der Waals surface area contributed by atoms with Crippen LogP contribution in [0, 0.1) is 6.92 Å². The average Bonchev–Trinajstić information content (AvgIpc) is 2.63. The second-order valence-electron chi connectivity index (χ2n) is 3.41. The molecule has 0 amide bonds. The molecular formula is C11H11BrN2O. The molecule has 2 aromatic heterocycles. The third-order valence-corrected chi connectivity index (χ3v) is 2.84. The summed E-state index contributed by atoms with van der Waals surface area (Å²) in [7, 11) is 0. The SMILES string of the molecule is Cc1cncc(C(N)c2occc2Br)c1. The summed E-state index contributed by atoms with van der Waals surface area (Å²) >= 11 is 3.39. The van der Waals surface area contributed by atoms with E-state index >= 15 is 0 Å². The summed E-state index contributed by atoms with van der Waals surface area (Å²) in [5.41, 5.74) is 8.10. The number of rotatable bonds is 2. The molecule has 15 heavy (non-hydrogen) atoms. The lowest BCUT2D eigenvalue weighted by atomic mass is 10.1. The average molecular weight is 267 g/mol. The van der Waals surface area contributed by atoms with Gasteiger partial charge in [-0.25, -0.2) is 0 Å². The van der Waals surface area contributed by atoms with Crippen LogP contribution in [0.4, 0.5) is 0 Å². The Kier molecular flexibility index (Phi) is 2.88. The van der Waals surface area contributed by atoms with Gasteiger partial charge >= 0.3 is 0 Å². The van der Waals surface area contributed by atoms with Gasteiger partial charge in [0, 0.05) is 12.4 Å². The Balaban J connectivity index is 2.36. The molecule has 0 bridgehead atoms. The van der Waals surface area contributed by atoms with Crippen molar-refractivity contribution in [1.29, 1.82) is 0 Å². The van der Waals surface area contributed by atoms with Gasteiger partial charge < -0.3 is 10.2 Å². The van der Waals surface area contributed by atoms with Crippen LogP contribution in [-0.2, 0) is 0 Å². The van der Waals surface area contributed by atoms with Crippen molar-refractivity contribution < 1.29 is 4.42 Å². The lowest BCUT2D eigenvalue weighted by Crippen LogP contribution is -2.11. The molecule has 2 aromatic rings. The zero-order chi connectivity index (χ0) is 10.8. The number of halogens is 1. The zero-order valence-corrected chi connectivity index (χ0v) is 9.86. The lowest BCUT2D eigenvalue weighted by molar-refractivity contribution is 0.487. The van der Waals surface area contributed by atoms with Gasteiger partial charge in [-0.2, -0.15) is 0 Å². The Labute approximate surface area is 96.4 Å². The van der Waals surface area contributed by atoms with Crippen LogP contribution in [0.3, 0.4) is 0 Å². The van der Waals surface area contributed by atoms with Crippen molar-refractivity contribution in [3.63, 3.8) is 0 Å². The fraction of sp³-hybridized carbons (Fsp3) is 0.182. The van der Waals surface area contributed by atoms with Crippen molar-refractivity contribution in [1.82, 2.24) is 4.98 Å². The minimum Gasteiger partial charge on any atom is -0.466 e. The highest BCUT2D eigenvalue weighted by Gasteiger charge is 2.15. The van der Waals surface area contributed by atoms with Gasteiger partial charge in [-0.3, -0.25) is 4.98 Å². The van der Waals surface area contributed by atoms with E-state index in [-0.39, 0.29) is 6.04 Å². The van der Waals surface area contributed by atoms with Crippen molar-refractivity contribution in [2.45, 2.75) is 13.0 Å². The number of nitrogens with two attached hydrogens (primary N) is 1. The van der Waals surface area contributed by atoms with Crippen LogP contribution < -0.4 is 5.73 Å². The number of furan rings is 1. The topological polar surface area (TPSA) is 52.0 Å². The molecule has 0 aliphatic carbocycles. The van der Waals surface area contributed by atoms with Gasteiger partial charge in [0.1, 0.15) is 5.76 Å². The first-order chi connectivity index (χ1) is 7.18. The van der Waals surface area contributed by atoms with Crippen LogP contribution in [0.15, 0.2) is 39.7 Å². The van der Waals surface area contributed by atoms with Crippen LogP contribution in [0.5, 0.6) is 0 Å². The third kappa shape index (κ3) is 2.11. The Hall–Kier alpha value is -1.13. The minimum atomic E-state index is -0.276. The molecule has 0 radical (unpaired) electrons. The standard InChI is InChI=1S/C11H11BrN2O/c1-7-4-8(6-14-5-7)10(13)11-9(12)2-3-15-11/h2-6,10H,13H2,1H3. The maximum Gasteiger partial charge on any atom is 0.139 e. The monoisotopic (exact) mass is 266 g/mol. The van der Waals surface area contributed by atoms with Crippen molar-refractivity contribution in [2.24, 2.45) is 5.73 Å².